The van der Waals surface area contributed by atoms with Crippen molar-refractivity contribution in [2.45, 2.75) is 18.3 Å². The molecule has 0 aliphatic carbocycles. The molecule has 1 rings (SSSR count). The molecule has 4 heteroatoms. The fraction of sp³-hybridized carbons (Fsp3) is 0.562. The van der Waals surface area contributed by atoms with Gasteiger partial charge in [0.2, 0.25) is 0 Å². The predicted octanol–water partition coefficient (Wildman–Crippen LogP) is 3.00. The van der Waals surface area contributed by atoms with Crippen molar-refractivity contribution in [3.8, 4) is 6.07 Å². The lowest BCUT2D eigenvalue weighted by Gasteiger charge is -2.30. The first kappa shape index (κ1) is 17.0. The van der Waals surface area contributed by atoms with Crippen LogP contribution in [0.2, 0.25) is 5.02 Å². The van der Waals surface area contributed by atoms with E-state index in [4.69, 9.17) is 11.6 Å². The summed E-state index contributed by atoms with van der Waals surface area (Å²) < 4.78 is 0. The molecule has 0 heterocycles. The van der Waals surface area contributed by atoms with Crippen molar-refractivity contribution in [3.05, 3.63) is 34.9 Å². The van der Waals surface area contributed by atoms with Crippen LogP contribution in [0.4, 0.5) is 0 Å². The monoisotopic (exact) mass is 293 g/mol. The summed E-state index contributed by atoms with van der Waals surface area (Å²) in [5.41, 5.74) is 0.618. The molecule has 0 radical (unpaired) electrons. The van der Waals surface area contributed by atoms with Crippen molar-refractivity contribution in [1.82, 2.24) is 9.80 Å². The van der Waals surface area contributed by atoms with E-state index < -0.39 is 5.41 Å². The van der Waals surface area contributed by atoms with E-state index in [1.54, 1.807) is 0 Å². The Morgan fingerprint density at radius 1 is 1.00 bits per heavy atom. The molecule has 0 aliphatic heterocycles. The van der Waals surface area contributed by atoms with E-state index in [0.717, 1.165) is 31.5 Å². The SMILES string of the molecule is CN(C)CCC(C#N)(CCN(C)C)c1ccc(Cl)cc1. The maximum Gasteiger partial charge on any atom is 0.0846 e. The van der Waals surface area contributed by atoms with E-state index in [-0.39, 0.29) is 0 Å². The van der Waals surface area contributed by atoms with Gasteiger partial charge in [0.15, 0.2) is 0 Å². The minimum atomic E-state index is -0.445. The Balaban J connectivity index is 3.03. The van der Waals surface area contributed by atoms with Crippen LogP contribution in [-0.4, -0.2) is 51.1 Å². The van der Waals surface area contributed by atoms with Crippen LogP contribution in [0, 0.1) is 11.3 Å². The first-order valence-electron chi connectivity index (χ1n) is 6.86. The highest BCUT2D eigenvalue weighted by Crippen LogP contribution is 2.32. The average molecular weight is 294 g/mol. The Bertz CT molecular complexity index is 434. The highest BCUT2D eigenvalue weighted by molar-refractivity contribution is 6.30. The number of hydrogen-bond donors (Lipinski definition) is 0. The molecule has 0 fully saturated rings. The second kappa shape index (κ2) is 7.64. The highest BCUT2D eigenvalue weighted by atomic mass is 35.5. The standard InChI is InChI=1S/C16H24ClN3/c1-19(2)11-9-16(13-18,10-12-20(3)4)14-5-7-15(17)8-6-14/h5-8H,9-12H2,1-4H3. The molecular formula is C16H24ClN3. The van der Waals surface area contributed by atoms with Crippen molar-refractivity contribution >= 4 is 11.6 Å². The fourth-order valence-electron chi connectivity index (χ4n) is 2.19. The van der Waals surface area contributed by atoms with Gasteiger partial charge in [-0.1, -0.05) is 23.7 Å². The molecule has 0 atom stereocenters. The van der Waals surface area contributed by atoms with E-state index in [0.29, 0.717) is 5.02 Å². The van der Waals surface area contributed by atoms with Crippen molar-refractivity contribution in [3.63, 3.8) is 0 Å². The van der Waals surface area contributed by atoms with Crippen molar-refractivity contribution in [2.75, 3.05) is 41.3 Å². The van der Waals surface area contributed by atoms with Gasteiger partial charge in [-0.2, -0.15) is 5.26 Å². The van der Waals surface area contributed by atoms with Crippen molar-refractivity contribution in [1.29, 1.82) is 5.26 Å². The zero-order valence-electron chi connectivity index (χ0n) is 12.9. The summed E-state index contributed by atoms with van der Waals surface area (Å²) in [6.07, 6.45) is 1.65. The molecule has 0 spiro atoms. The maximum absolute atomic E-state index is 9.81. The third-order valence-corrected chi connectivity index (χ3v) is 3.83. The first-order chi connectivity index (χ1) is 9.39. The largest absolute Gasteiger partial charge is 0.309 e. The van der Waals surface area contributed by atoms with Crippen molar-refractivity contribution < 1.29 is 0 Å². The minimum absolute atomic E-state index is 0.445. The number of rotatable bonds is 7. The molecule has 0 saturated heterocycles. The van der Waals surface area contributed by atoms with E-state index in [2.05, 4.69) is 15.9 Å². The quantitative estimate of drug-likeness (QED) is 0.774. The van der Waals surface area contributed by atoms with Crippen LogP contribution in [0.5, 0.6) is 0 Å². The zero-order valence-corrected chi connectivity index (χ0v) is 13.6. The van der Waals surface area contributed by atoms with Gasteiger partial charge in [-0.05, 0) is 71.8 Å². The van der Waals surface area contributed by atoms with Gasteiger partial charge in [0.05, 0.1) is 11.5 Å². The van der Waals surface area contributed by atoms with Gasteiger partial charge in [0, 0.05) is 5.02 Å². The second-order valence-electron chi connectivity index (χ2n) is 5.81. The number of halogens is 1. The highest BCUT2D eigenvalue weighted by Gasteiger charge is 2.32. The van der Waals surface area contributed by atoms with Crippen LogP contribution in [-0.2, 0) is 5.41 Å². The van der Waals surface area contributed by atoms with E-state index >= 15 is 0 Å². The molecular weight excluding hydrogens is 270 g/mol. The fourth-order valence-corrected chi connectivity index (χ4v) is 2.31. The lowest BCUT2D eigenvalue weighted by Crippen LogP contribution is -2.33. The summed E-state index contributed by atoms with van der Waals surface area (Å²) in [4.78, 5) is 4.25. The van der Waals surface area contributed by atoms with Gasteiger partial charge in [0.1, 0.15) is 0 Å². The van der Waals surface area contributed by atoms with Crippen LogP contribution < -0.4 is 0 Å². The topological polar surface area (TPSA) is 30.3 Å². The first-order valence-corrected chi connectivity index (χ1v) is 7.24. The Morgan fingerprint density at radius 3 is 1.80 bits per heavy atom. The van der Waals surface area contributed by atoms with Crippen LogP contribution >= 0.6 is 11.6 Å². The molecule has 0 saturated carbocycles. The van der Waals surface area contributed by atoms with Crippen LogP contribution in [0.15, 0.2) is 24.3 Å². The summed E-state index contributed by atoms with van der Waals surface area (Å²) in [6, 6.07) is 10.3. The number of nitrogens with zero attached hydrogens (tertiary/aromatic N) is 3. The van der Waals surface area contributed by atoms with Gasteiger partial charge >= 0.3 is 0 Å². The van der Waals surface area contributed by atoms with Gasteiger partial charge < -0.3 is 9.80 Å². The molecule has 1 aromatic carbocycles. The number of nitriles is 1. The molecule has 0 unspecified atom stereocenters. The lowest BCUT2D eigenvalue weighted by atomic mass is 9.76. The Labute approximate surface area is 127 Å². The van der Waals surface area contributed by atoms with Crippen LogP contribution in [0.3, 0.4) is 0 Å². The summed E-state index contributed by atoms with van der Waals surface area (Å²) in [5.74, 6) is 0. The van der Waals surface area contributed by atoms with Crippen LogP contribution in [0.1, 0.15) is 18.4 Å². The summed E-state index contributed by atoms with van der Waals surface area (Å²) >= 11 is 5.96. The third-order valence-electron chi connectivity index (χ3n) is 3.58. The smallest absolute Gasteiger partial charge is 0.0846 e. The molecule has 0 N–H and O–H groups in total. The normalized spacial score (nSPS) is 11.9. The molecule has 0 bridgehead atoms. The average Bonchev–Trinajstić information content (AvgIpc) is 2.40. The predicted molar refractivity (Wildman–Crippen MR) is 85.1 cm³/mol. The van der Waals surface area contributed by atoms with Crippen LogP contribution in [0.25, 0.3) is 0 Å². The lowest BCUT2D eigenvalue weighted by molar-refractivity contribution is 0.307. The van der Waals surface area contributed by atoms with E-state index in [9.17, 15) is 5.26 Å². The van der Waals surface area contributed by atoms with Gasteiger partial charge in [-0.3, -0.25) is 0 Å². The summed E-state index contributed by atoms with van der Waals surface area (Å²) in [5, 5.41) is 10.5. The van der Waals surface area contributed by atoms with E-state index in [1.807, 2.05) is 52.5 Å². The Morgan fingerprint density at radius 2 is 1.45 bits per heavy atom. The number of benzene rings is 1. The second-order valence-corrected chi connectivity index (χ2v) is 6.24. The molecule has 3 nitrogen and oxygen atoms in total. The van der Waals surface area contributed by atoms with Crippen molar-refractivity contribution in [2.24, 2.45) is 0 Å². The maximum atomic E-state index is 9.81. The summed E-state index contributed by atoms with van der Waals surface area (Å²) in [6.45, 7) is 1.78. The van der Waals surface area contributed by atoms with Gasteiger partial charge in [-0.15, -0.1) is 0 Å². The molecule has 0 amide bonds. The third kappa shape index (κ3) is 4.79. The zero-order chi connectivity index (χ0) is 15.2. The number of hydrogen-bond acceptors (Lipinski definition) is 3. The summed E-state index contributed by atoms with van der Waals surface area (Å²) in [7, 11) is 8.15. The molecule has 110 valence electrons. The minimum Gasteiger partial charge on any atom is -0.309 e. The van der Waals surface area contributed by atoms with Gasteiger partial charge in [0.25, 0.3) is 0 Å². The van der Waals surface area contributed by atoms with E-state index in [1.165, 1.54) is 0 Å². The molecule has 20 heavy (non-hydrogen) atoms. The Hall–Kier alpha value is -1.08. The molecule has 1 aromatic rings. The molecule has 0 aromatic heterocycles. The Kier molecular flexibility index (Phi) is 6.48. The molecule has 0 aliphatic rings. The van der Waals surface area contributed by atoms with Gasteiger partial charge in [-0.25, -0.2) is 0 Å².